The number of aliphatic hydroxyl groups excluding tert-OH is 4. The lowest BCUT2D eigenvalue weighted by Gasteiger charge is -2.39. The zero-order valence-electron chi connectivity index (χ0n) is 11.3. The van der Waals surface area contributed by atoms with Crippen molar-refractivity contribution in [1.82, 2.24) is 0 Å². The summed E-state index contributed by atoms with van der Waals surface area (Å²) < 4.78 is 10.2. The van der Waals surface area contributed by atoms with Gasteiger partial charge in [0.1, 0.15) is 24.4 Å². The molecule has 0 spiro atoms. The van der Waals surface area contributed by atoms with Crippen LogP contribution >= 0.6 is 11.3 Å². The second-order valence-electron chi connectivity index (χ2n) is 4.64. The minimum atomic E-state index is -1.66. The summed E-state index contributed by atoms with van der Waals surface area (Å²) in [6.07, 6.45) is -6.28. The highest BCUT2D eigenvalue weighted by Crippen LogP contribution is 2.25. The lowest BCUT2D eigenvalue weighted by atomic mass is 9.99. The van der Waals surface area contributed by atoms with Crippen molar-refractivity contribution in [1.29, 1.82) is 0 Å². The molecule has 5 N–H and O–H groups in total. The molecule has 0 amide bonds. The number of hydrogen-bond donors (Lipinski definition) is 5. The van der Waals surface area contributed by atoms with Crippen molar-refractivity contribution in [3.8, 4) is 0 Å². The van der Waals surface area contributed by atoms with Crippen LogP contribution in [-0.4, -0.2) is 68.8 Å². The van der Waals surface area contributed by atoms with Gasteiger partial charge < -0.3 is 35.0 Å². The lowest BCUT2D eigenvalue weighted by Crippen LogP contribution is -2.59. The highest BCUT2D eigenvalue weighted by Gasteiger charge is 2.45. The molecule has 1 saturated heterocycles. The summed E-state index contributed by atoms with van der Waals surface area (Å²) in [5, 5.41) is 49.1. The maximum Gasteiger partial charge on any atom is 0.371 e. The van der Waals surface area contributed by atoms with Crippen LogP contribution in [-0.2, 0) is 14.3 Å². The number of thiophene rings is 1. The fraction of sp³-hybridized carbons (Fsp3) is 0.462. The van der Waals surface area contributed by atoms with E-state index < -0.39 is 49.0 Å². The van der Waals surface area contributed by atoms with E-state index in [4.69, 9.17) is 19.7 Å². The molecule has 0 saturated carbocycles. The molecule has 1 aliphatic heterocycles. The van der Waals surface area contributed by atoms with Gasteiger partial charge in [-0.2, -0.15) is 0 Å². The molecule has 1 aromatic heterocycles. The summed E-state index contributed by atoms with van der Waals surface area (Å²) in [4.78, 5) is 11.8. The van der Waals surface area contributed by atoms with Gasteiger partial charge in [-0.3, -0.25) is 0 Å². The van der Waals surface area contributed by atoms with E-state index in [0.717, 1.165) is 0 Å². The van der Waals surface area contributed by atoms with Crippen LogP contribution < -0.4 is 0 Å². The third-order valence-corrected chi connectivity index (χ3v) is 3.94. The van der Waals surface area contributed by atoms with Crippen LogP contribution in [0.15, 0.2) is 23.3 Å². The number of aliphatic hydroxyl groups is 4. The van der Waals surface area contributed by atoms with Gasteiger partial charge in [0.15, 0.2) is 0 Å². The van der Waals surface area contributed by atoms with Crippen molar-refractivity contribution in [3.05, 3.63) is 28.1 Å². The number of carbonyl (C=O) groups is 1. The van der Waals surface area contributed by atoms with Crippen LogP contribution in [0.5, 0.6) is 0 Å². The normalized spacial score (nSPS) is 32.7. The van der Waals surface area contributed by atoms with Gasteiger partial charge in [-0.25, -0.2) is 4.79 Å². The van der Waals surface area contributed by atoms with Crippen LogP contribution in [0.25, 0.3) is 6.08 Å². The maximum atomic E-state index is 11.2. The van der Waals surface area contributed by atoms with Crippen LogP contribution in [0.4, 0.5) is 0 Å². The quantitative estimate of drug-likeness (QED) is 0.342. The van der Waals surface area contributed by atoms with Crippen LogP contribution in [0.1, 0.15) is 4.88 Å². The fourth-order valence-electron chi connectivity index (χ4n) is 1.94. The zero-order chi connectivity index (χ0) is 16.3. The van der Waals surface area contributed by atoms with Crippen molar-refractivity contribution in [2.24, 2.45) is 0 Å². The fourth-order valence-corrected chi connectivity index (χ4v) is 2.59. The first-order chi connectivity index (χ1) is 10.4. The van der Waals surface area contributed by atoms with Gasteiger partial charge in [0.25, 0.3) is 0 Å². The molecule has 5 atom stereocenters. The maximum absolute atomic E-state index is 11.2. The van der Waals surface area contributed by atoms with Crippen LogP contribution in [0, 0.1) is 0 Å². The smallest absolute Gasteiger partial charge is 0.371 e. The Morgan fingerprint density at radius 3 is 2.59 bits per heavy atom. The van der Waals surface area contributed by atoms with E-state index in [0.29, 0.717) is 4.88 Å². The first-order valence-electron chi connectivity index (χ1n) is 6.39. The van der Waals surface area contributed by atoms with Gasteiger partial charge in [-0.15, -0.1) is 11.3 Å². The molecule has 0 radical (unpaired) electrons. The van der Waals surface area contributed by atoms with E-state index in [2.05, 4.69) is 0 Å². The van der Waals surface area contributed by atoms with E-state index >= 15 is 0 Å². The highest BCUT2D eigenvalue weighted by atomic mass is 32.1. The van der Waals surface area contributed by atoms with Gasteiger partial charge in [0.2, 0.25) is 12.0 Å². The Hall–Kier alpha value is -1.49. The second-order valence-corrected chi connectivity index (χ2v) is 5.62. The van der Waals surface area contributed by atoms with Gasteiger partial charge in [-0.1, -0.05) is 6.07 Å². The molecule has 122 valence electrons. The van der Waals surface area contributed by atoms with Crippen molar-refractivity contribution in [3.63, 3.8) is 0 Å². The van der Waals surface area contributed by atoms with Gasteiger partial charge in [0, 0.05) is 11.0 Å². The van der Waals surface area contributed by atoms with Crippen molar-refractivity contribution in [2.75, 3.05) is 6.61 Å². The van der Waals surface area contributed by atoms with Gasteiger partial charge >= 0.3 is 5.97 Å². The van der Waals surface area contributed by atoms with E-state index in [-0.39, 0.29) is 0 Å². The molecule has 1 aromatic rings. The Bertz CT molecular complexity index is 526. The second kappa shape index (κ2) is 7.18. The monoisotopic (exact) mass is 332 g/mol. The standard InChI is InChI=1S/C13H16O8S/c14-5-8-9(15)10(16)11(17)13(21-8)20-7(12(18)19)4-6-2-1-3-22-6/h1-4,8-11,13-17H,5H2,(H,18,19)/b7-4+/t8-,9?,10-,11+,13-/m0/s1. The SMILES string of the molecule is O=C(O)/C(=C\c1cccs1)O[C@H]1O[C@@H](CO)C(O)[C@H](O)[C@H]1O. The summed E-state index contributed by atoms with van der Waals surface area (Å²) in [6.45, 7) is -0.623. The Balaban J connectivity index is 2.17. The van der Waals surface area contributed by atoms with Crippen molar-refractivity contribution >= 4 is 23.4 Å². The average Bonchev–Trinajstić information content (AvgIpc) is 2.99. The molecule has 2 rings (SSSR count). The first-order valence-corrected chi connectivity index (χ1v) is 7.27. The third-order valence-electron chi connectivity index (χ3n) is 3.12. The molecular weight excluding hydrogens is 316 g/mol. The molecule has 0 bridgehead atoms. The van der Waals surface area contributed by atoms with Gasteiger partial charge in [0.05, 0.1) is 6.61 Å². The molecular formula is C13H16O8S. The first kappa shape index (κ1) is 16.9. The Kier molecular flexibility index (Phi) is 5.51. The molecule has 0 aliphatic carbocycles. The Morgan fingerprint density at radius 2 is 2.05 bits per heavy atom. The van der Waals surface area contributed by atoms with Crippen LogP contribution in [0.3, 0.4) is 0 Å². The summed E-state index contributed by atoms with van der Waals surface area (Å²) in [6, 6.07) is 3.40. The van der Waals surface area contributed by atoms with Crippen molar-refractivity contribution < 1.29 is 39.8 Å². The Morgan fingerprint density at radius 1 is 1.32 bits per heavy atom. The van der Waals surface area contributed by atoms with E-state index in [1.807, 2.05) is 0 Å². The number of hydrogen-bond acceptors (Lipinski definition) is 8. The minimum absolute atomic E-state index is 0.494. The molecule has 1 fully saturated rings. The van der Waals surface area contributed by atoms with E-state index in [1.165, 1.54) is 17.4 Å². The number of ether oxygens (including phenoxy) is 2. The molecule has 8 nitrogen and oxygen atoms in total. The Labute approximate surface area is 129 Å². The predicted molar refractivity (Wildman–Crippen MR) is 74.8 cm³/mol. The van der Waals surface area contributed by atoms with Crippen LogP contribution in [0.2, 0.25) is 0 Å². The number of aliphatic carboxylic acids is 1. The van der Waals surface area contributed by atoms with Gasteiger partial charge in [-0.05, 0) is 11.4 Å². The lowest BCUT2D eigenvalue weighted by molar-refractivity contribution is -0.291. The average molecular weight is 332 g/mol. The predicted octanol–water partition coefficient (Wildman–Crippen LogP) is -1.01. The van der Waals surface area contributed by atoms with E-state index in [9.17, 15) is 20.1 Å². The minimum Gasteiger partial charge on any atom is -0.475 e. The molecule has 1 aliphatic rings. The summed E-state index contributed by atoms with van der Waals surface area (Å²) in [7, 11) is 0. The number of carboxylic acids is 1. The van der Waals surface area contributed by atoms with E-state index in [1.54, 1.807) is 17.5 Å². The molecule has 9 heteroatoms. The summed E-state index contributed by atoms with van der Waals surface area (Å²) in [5.74, 6) is -1.88. The molecule has 22 heavy (non-hydrogen) atoms. The zero-order valence-corrected chi connectivity index (χ0v) is 12.1. The summed E-state index contributed by atoms with van der Waals surface area (Å²) >= 11 is 1.29. The molecule has 1 unspecified atom stereocenters. The summed E-state index contributed by atoms with van der Waals surface area (Å²) in [5.41, 5.74) is 0. The number of rotatable bonds is 5. The molecule has 2 heterocycles. The number of carboxylic acid groups (broad SMARTS) is 1. The molecule has 0 aromatic carbocycles. The third kappa shape index (κ3) is 3.64. The topological polar surface area (TPSA) is 137 Å². The van der Waals surface area contributed by atoms with Crippen molar-refractivity contribution in [2.45, 2.75) is 30.7 Å². The highest BCUT2D eigenvalue weighted by molar-refractivity contribution is 7.10. The largest absolute Gasteiger partial charge is 0.475 e.